The third-order valence-electron chi connectivity index (χ3n) is 10.3. The van der Waals surface area contributed by atoms with Crippen molar-refractivity contribution >= 4 is 5.91 Å². The highest BCUT2D eigenvalue weighted by atomic mass is 16.5. The molecule has 0 radical (unpaired) electrons. The van der Waals surface area contributed by atoms with E-state index in [1.807, 2.05) is 7.11 Å². The first-order valence-corrected chi connectivity index (χ1v) is 15.7. The molecule has 5 rings (SSSR count). The molecule has 0 aromatic carbocycles. The smallest absolute Gasteiger partial charge is 0.216 e. The van der Waals surface area contributed by atoms with Crippen molar-refractivity contribution in [3.63, 3.8) is 0 Å². The summed E-state index contributed by atoms with van der Waals surface area (Å²) < 4.78 is 6.10. The number of hydrogen-bond donors (Lipinski definition) is 3. The molecule has 0 spiro atoms. The van der Waals surface area contributed by atoms with Crippen LogP contribution in [0.1, 0.15) is 84.0 Å². The van der Waals surface area contributed by atoms with Gasteiger partial charge in [0.1, 0.15) is 0 Å². The van der Waals surface area contributed by atoms with E-state index in [1.165, 1.54) is 70.6 Å². The summed E-state index contributed by atoms with van der Waals surface area (Å²) >= 11 is 0. The molecule has 0 aromatic heterocycles. The summed E-state index contributed by atoms with van der Waals surface area (Å²) in [5.74, 6) is 0.893. The van der Waals surface area contributed by atoms with Crippen LogP contribution in [0.5, 0.6) is 0 Å². The second-order valence-electron chi connectivity index (χ2n) is 12.5. The van der Waals surface area contributed by atoms with Crippen molar-refractivity contribution in [1.29, 1.82) is 0 Å². The molecule has 0 bridgehead atoms. The summed E-state index contributed by atoms with van der Waals surface area (Å²) in [6.45, 7) is 9.26. The zero-order chi connectivity index (χ0) is 25.6. The Bertz CT molecular complexity index is 719. The van der Waals surface area contributed by atoms with Crippen LogP contribution in [0, 0.1) is 5.92 Å². The summed E-state index contributed by atoms with van der Waals surface area (Å²) in [7, 11) is 1.92. The molecule has 37 heavy (non-hydrogen) atoms. The van der Waals surface area contributed by atoms with Crippen molar-refractivity contribution in [2.75, 3.05) is 52.9 Å². The molecule has 2 aliphatic carbocycles. The lowest BCUT2D eigenvalue weighted by Crippen LogP contribution is -2.63. The molecule has 0 aromatic rings. The highest BCUT2D eigenvalue weighted by Gasteiger charge is 2.44. The lowest BCUT2D eigenvalue weighted by Gasteiger charge is -2.49. The van der Waals surface area contributed by atoms with Gasteiger partial charge in [0.2, 0.25) is 5.91 Å². The quantitative estimate of drug-likeness (QED) is 0.456. The normalized spacial score (nSPS) is 36.1. The Labute approximate surface area is 225 Å². The largest absolute Gasteiger partial charge is 0.380 e. The lowest BCUT2D eigenvalue weighted by atomic mass is 9.74. The van der Waals surface area contributed by atoms with E-state index in [1.54, 1.807) is 6.92 Å². The second kappa shape index (κ2) is 13.5. The van der Waals surface area contributed by atoms with E-state index in [4.69, 9.17) is 4.74 Å². The van der Waals surface area contributed by atoms with Crippen molar-refractivity contribution in [2.24, 2.45) is 5.92 Å². The summed E-state index contributed by atoms with van der Waals surface area (Å²) in [6, 6.07) is 2.73. The van der Waals surface area contributed by atoms with E-state index >= 15 is 0 Å². The molecule has 5 fully saturated rings. The first-order valence-electron chi connectivity index (χ1n) is 15.7. The molecule has 6 atom stereocenters. The third kappa shape index (κ3) is 6.87. The number of methoxy groups -OCH3 is 1. The van der Waals surface area contributed by atoms with Gasteiger partial charge in [0.15, 0.2) is 0 Å². The topological polar surface area (TPSA) is 72.1 Å². The van der Waals surface area contributed by atoms with Gasteiger partial charge in [-0.05, 0) is 83.3 Å². The Kier molecular flexibility index (Phi) is 10.2. The van der Waals surface area contributed by atoms with Crippen LogP contribution in [0.4, 0.5) is 0 Å². The molecule has 3 saturated heterocycles. The van der Waals surface area contributed by atoms with Crippen LogP contribution in [0.3, 0.4) is 0 Å². The molecular formula is C29H54N6O2. The number of piperidine rings is 1. The minimum absolute atomic E-state index is 0.0847. The first-order chi connectivity index (χ1) is 18.1. The van der Waals surface area contributed by atoms with Crippen LogP contribution in [-0.4, -0.2) is 110 Å². The number of ether oxygens (including phenoxy) is 1. The Hall–Kier alpha value is -0.770. The number of amides is 1. The average molecular weight is 519 g/mol. The van der Waals surface area contributed by atoms with Crippen molar-refractivity contribution in [1.82, 2.24) is 30.9 Å². The Morgan fingerprint density at radius 2 is 1.81 bits per heavy atom. The molecule has 8 nitrogen and oxygen atoms in total. The molecule has 1 amide bonds. The van der Waals surface area contributed by atoms with Crippen LogP contribution in [-0.2, 0) is 9.53 Å². The van der Waals surface area contributed by atoms with Gasteiger partial charge in [0.05, 0.1) is 12.1 Å². The van der Waals surface area contributed by atoms with Crippen molar-refractivity contribution in [3.8, 4) is 0 Å². The van der Waals surface area contributed by atoms with Crippen molar-refractivity contribution in [3.05, 3.63) is 0 Å². The fourth-order valence-corrected chi connectivity index (χ4v) is 8.40. The van der Waals surface area contributed by atoms with E-state index in [9.17, 15) is 4.79 Å². The molecule has 3 aliphatic heterocycles. The maximum atomic E-state index is 11.7. The molecule has 2 saturated carbocycles. The van der Waals surface area contributed by atoms with Crippen molar-refractivity contribution < 1.29 is 9.53 Å². The van der Waals surface area contributed by atoms with E-state index < -0.39 is 0 Å². The zero-order valence-electron chi connectivity index (χ0n) is 23.6. The number of carbonyl (C=O) groups is 1. The van der Waals surface area contributed by atoms with Crippen LogP contribution in [0.25, 0.3) is 0 Å². The number of fused-ring (bicyclic) bond motifs is 1. The van der Waals surface area contributed by atoms with Gasteiger partial charge < -0.3 is 15.4 Å². The molecular weight excluding hydrogens is 464 g/mol. The number of hydrazine groups is 1. The summed E-state index contributed by atoms with van der Waals surface area (Å²) in [4.78, 5) is 17.2. The standard InChI is InChI=1S/C29H54N6O2/c1-22(36)30-16-13-26(25-14-19-35(32-25)24-9-4-3-5-10-24)33-17-7-18-34(21-20-33)29-27(37-2)12-11-23-8-6-15-31-28(23)29/h23-29,31-32H,3-21H2,1-2H3,(H,30,36). The lowest BCUT2D eigenvalue weighted by molar-refractivity contribution is -0.119. The van der Waals surface area contributed by atoms with Gasteiger partial charge in [-0.25, -0.2) is 5.01 Å². The summed E-state index contributed by atoms with van der Waals surface area (Å²) in [5, 5.41) is 9.59. The number of nitrogens with zero attached hydrogens (tertiary/aromatic N) is 3. The minimum atomic E-state index is 0.0847. The monoisotopic (exact) mass is 518 g/mol. The number of carbonyl (C=O) groups excluding carboxylic acids is 1. The molecule has 212 valence electrons. The average Bonchev–Trinajstić information content (AvgIpc) is 3.29. The third-order valence-corrected chi connectivity index (χ3v) is 10.3. The van der Waals surface area contributed by atoms with E-state index in [-0.39, 0.29) is 5.91 Å². The Balaban J connectivity index is 1.24. The van der Waals surface area contributed by atoms with Gasteiger partial charge in [-0.2, -0.15) is 0 Å². The second-order valence-corrected chi connectivity index (χ2v) is 12.5. The van der Waals surface area contributed by atoms with Crippen molar-refractivity contribution in [2.45, 2.75) is 120 Å². The molecule has 3 N–H and O–H groups in total. The molecule has 6 unspecified atom stereocenters. The Morgan fingerprint density at radius 1 is 0.946 bits per heavy atom. The SMILES string of the molecule is COC1CCC2CCCNC2C1N1CCCN(C(CCNC(C)=O)C2CCN(C3CCCCC3)N2)CC1. The Morgan fingerprint density at radius 3 is 2.62 bits per heavy atom. The summed E-state index contributed by atoms with van der Waals surface area (Å²) in [5.41, 5.74) is 3.98. The molecule has 3 heterocycles. The van der Waals surface area contributed by atoms with Crippen LogP contribution < -0.4 is 16.1 Å². The van der Waals surface area contributed by atoms with Crippen LogP contribution in [0.2, 0.25) is 0 Å². The van der Waals surface area contributed by atoms with Gasteiger partial charge in [-0.15, -0.1) is 0 Å². The molecule has 5 aliphatic rings. The highest BCUT2D eigenvalue weighted by Crippen LogP contribution is 2.35. The summed E-state index contributed by atoms with van der Waals surface area (Å²) in [6.07, 6.45) is 15.8. The van der Waals surface area contributed by atoms with Crippen LogP contribution >= 0.6 is 0 Å². The number of nitrogens with one attached hydrogen (secondary N) is 3. The maximum Gasteiger partial charge on any atom is 0.216 e. The van der Waals surface area contributed by atoms with Gasteiger partial charge in [0.25, 0.3) is 0 Å². The predicted molar refractivity (Wildman–Crippen MR) is 148 cm³/mol. The maximum absolute atomic E-state index is 11.7. The number of rotatable bonds is 8. The van der Waals surface area contributed by atoms with E-state index in [0.29, 0.717) is 36.3 Å². The fraction of sp³-hybridized carbons (Fsp3) is 0.966. The van der Waals surface area contributed by atoms with Crippen LogP contribution in [0.15, 0.2) is 0 Å². The first kappa shape index (κ1) is 27.8. The fourth-order valence-electron chi connectivity index (χ4n) is 8.40. The predicted octanol–water partition coefficient (Wildman–Crippen LogP) is 2.35. The zero-order valence-corrected chi connectivity index (χ0v) is 23.6. The van der Waals surface area contributed by atoms with E-state index in [0.717, 1.165) is 58.2 Å². The van der Waals surface area contributed by atoms with E-state index in [2.05, 4.69) is 30.9 Å². The number of hydrogen-bond acceptors (Lipinski definition) is 7. The van der Waals surface area contributed by atoms with Gasteiger partial charge >= 0.3 is 0 Å². The highest BCUT2D eigenvalue weighted by molar-refractivity contribution is 5.72. The van der Waals surface area contributed by atoms with Gasteiger partial charge in [0, 0.05) is 64.4 Å². The minimum Gasteiger partial charge on any atom is -0.380 e. The van der Waals surface area contributed by atoms with Gasteiger partial charge in [-0.3, -0.25) is 20.0 Å². The molecule has 8 heteroatoms. The van der Waals surface area contributed by atoms with Gasteiger partial charge in [-0.1, -0.05) is 19.3 Å².